The van der Waals surface area contributed by atoms with Crippen LogP contribution in [0.25, 0.3) is 4.96 Å². The number of hydrogen-bond acceptors (Lipinski definition) is 6. The van der Waals surface area contributed by atoms with Crippen LogP contribution in [0.1, 0.15) is 26.2 Å². The predicted molar refractivity (Wildman–Crippen MR) is 74.3 cm³/mol. The van der Waals surface area contributed by atoms with Gasteiger partial charge in [0.2, 0.25) is 5.82 Å². The molecule has 0 aliphatic carbocycles. The Balaban J connectivity index is 2.31. The second kappa shape index (κ2) is 5.87. The number of imidazole rings is 1. The van der Waals surface area contributed by atoms with Crippen LogP contribution in [0.4, 0.5) is 11.6 Å². The average Bonchev–Trinajstić information content (AvgIpc) is 2.93. The van der Waals surface area contributed by atoms with Crippen molar-refractivity contribution in [3.05, 3.63) is 21.7 Å². The number of nitrogens with one attached hydrogen (secondary N) is 1. The van der Waals surface area contributed by atoms with Gasteiger partial charge in [0.1, 0.15) is 12.2 Å². The summed E-state index contributed by atoms with van der Waals surface area (Å²) in [5.41, 5.74) is 0. The Labute approximate surface area is 118 Å². The van der Waals surface area contributed by atoms with E-state index < -0.39 is 16.9 Å². The second-order valence-electron chi connectivity index (χ2n) is 4.27. The maximum Gasteiger partial charge on any atom is 0.372 e. The fraction of sp³-hybridized carbons (Fsp3) is 0.455. The van der Waals surface area contributed by atoms with Gasteiger partial charge in [-0.05, 0) is 11.3 Å². The van der Waals surface area contributed by atoms with Gasteiger partial charge in [0.05, 0.1) is 0 Å². The molecule has 108 valence electrons. The molecule has 1 unspecified atom stereocenters. The van der Waals surface area contributed by atoms with Crippen molar-refractivity contribution in [2.24, 2.45) is 0 Å². The quantitative estimate of drug-likeness (QED) is 0.599. The molecule has 2 aromatic rings. The van der Waals surface area contributed by atoms with Gasteiger partial charge in [0.25, 0.3) is 4.96 Å². The largest absolute Gasteiger partial charge is 0.480 e. The minimum absolute atomic E-state index is 0.00496. The van der Waals surface area contributed by atoms with Gasteiger partial charge >= 0.3 is 11.8 Å². The highest BCUT2D eigenvalue weighted by molar-refractivity contribution is 7.15. The number of rotatable bonds is 7. The molecule has 20 heavy (non-hydrogen) atoms. The molecule has 0 aromatic carbocycles. The number of nitro groups is 1. The second-order valence-corrected chi connectivity index (χ2v) is 5.15. The fourth-order valence-electron chi connectivity index (χ4n) is 1.88. The first-order chi connectivity index (χ1) is 9.54. The lowest BCUT2D eigenvalue weighted by atomic mass is 10.1. The van der Waals surface area contributed by atoms with Gasteiger partial charge in [-0.2, -0.15) is 9.38 Å². The van der Waals surface area contributed by atoms with Crippen LogP contribution >= 0.6 is 11.3 Å². The Bertz CT molecular complexity index is 635. The van der Waals surface area contributed by atoms with Gasteiger partial charge in [0, 0.05) is 5.38 Å². The SMILES string of the molecule is CCCCC(Nc1nc2sccn2c1[N+](=O)[O-])C(=O)O. The van der Waals surface area contributed by atoms with E-state index in [1.165, 1.54) is 21.9 Å². The van der Waals surface area contributed by atoms with E-state index in [4.69, 9.17) is 5.11 Å². The van der Waals surface area contributed by atoms with Crippen molar-refractivity contribution in [2.75, 3.05) is 5.32 Å². The number of carbonyl (C=O) groups is 1. The zero-order valence-corrected chi connectivity index (χ0v) is 11.6. The first kappa shape index (κ1) is 14.3. The van der Waals surface area contributed by atoms with E-state index in [-0.39, 0.29) is 11.6 Å². The molecular formula is C11H14N4O4S. The molecule has 8 nitrogen and oxygen atoms in total. The van der Waals surface area contributed by atoms with E-state index in [0.29, 0.717) is 11.4 Å². The molecule has 0 amide bonds. The number of unbranched alkanes of at least 4 members (excludes halogenated alkanes) is 1. The number of hydrogen-bond donors (Lipinski definition) is 2. The summed E-state index contributed by atoms with van der Waals surface area (Å²) in [5, 5.41) is 24.6. The lowest BCUT2D eigenvalue weighted by Gasteiger charge is -2.12. The molecule has 2 aromatic heterocycles. The topological polar surface area (TPSA) is 110 Å². The Morgan fingerprint density at radius 2 is 2.45 bits per heavy atom. The van der Waals surface area contributed by atoms with Gasteiger partial charge in [0.15, 0.2) is 0 Å². The molecule has 0 bridgehead atoms. The highest BCUT2D eigenvalue weighted by Crippen LogP contribution is 2.28. The third-order valence-corrected chi connectivity index (χ3v) is 3.62. The Hall–Kier alpha value is -2.16. The average molecular weight is 298 g/mol. The molecule has 0 fully saturated rings. The summed E-state index contributed by atoms with van der Waals surface area (Å²) >= 11 is 1.25. The van der Waals surface area contributed by atoms with Gasteiger partial charge in [-0.25, -0.2) is 4.79 Å². The first-order valence-electron chi connectivity index (χ1n) is 6.13. The Morgan fingerprint density at radius 1 is 1.70 bits per heavy atom. The monoisotopic (exact) mass is 298 g/mol. The first-order valence-corrected chi connectivity index (χ1v) is 7.01. The number of aliphatic carboxylic acids is 1. The predicted octanol–water partition coefficient (Wildman–Crippen LogP) is 2.36. The van der Waals surface area contributed by atoms with E-state index in [1.54, 1.807) is 5.38 Å². The number of thiazole rings is 1. The highest BCUT2D eigenvalue weighted by Gasteiger charge is 2.27. The summed E-state index contributed by atoms with van der Waals surface area (Å²) < 4.78 is 1.34. The molecule has 9 heteroatoms. The smallest absolute Gasteiger partial charge is 0.372 e. The Kier molecular flexibility index (Phi) is 4.18. The molecular weight excluding hydrogens is 284 g/mol. The summed E-state index contributed by atoms with van der Waals surface area (Å²) in [5.74, 6) is -1.27. The van der Waals surface area contributed by atoms with Crippen LogP contribution in [0.2, 0.25) is 0 Å². The summed E-state index contributed by atoms with van der Waals surface area (Å²) in [7, 11) is 0. The molecule has 0 saturated heterocycles. The molecule has 0 aliphatic heterocycles. The molecule has 2 rings (SSSR count). The van der Waals surface area contributed by atoms with E-state index >= 15 is 0 Å². The van der Waals surface area contributed by atoms with Crippen molar-refractivity contribution in [2.45, 2.75) is 32.2 Å². The summed E-state index contributed by atoms with van der Waals surface area (Å²) in [6.45, 7) is 1.95. The summed E-state index contributed by atoms with van der Waals surface area (Å²) in [6.07, 6.45) is 3.51. The molecule has 0 saturated carbocycles. The van der Waals surface area contributed by atoms with E-state index in [1.807, 2.05) is 6.92 Å². The van der Waals surface area contributed by atoms with Crippen molar-refractivity contribution in [3.63, 3.8) is 0 Å². The third kappa shape index (κ3) is 2.72. The molecule has 1 atom stereocenters. The van der Waals surface area contributed by atoms with Crippen molar-refractivity contribution in [1.82, 2.24) is 9.38 Å². The number of carboxylic acid groups (broad SMARTS) is 1. The van der Waals surface area contributed by atoms with Crippen LogP contribution in [-0.4, -0.2) is 31.4 Å². The maximum absolute atomic E-state index is 11.2. The fourth-order valence-corrected chi connectivity index (χ4v) is 2.58. The number of carboxylic acids is 1. The molecule has 0 spiro atoms. The molecule has 0 radical (unpaired) electrons. The highest BCUT2D eigenvalue weighted by atomic mass is 32.1. The number of nitrogens with zero attached hydrogens (tertiary/aromatic N) is 3. The number of fused-ring (bicyclic) bond motifs is 1. The van der Waals surface area contributed by atoms with Gasteiger partial charge in [-0.1, -0.05) is 31.1 Å². The van der Waals surface area contributed by atoms with Crippen molar-refractivity contribution in [3.8, 4) is 0 Å². The van der Waals surface area contributed by atoms with Crippen molar-refractivity contribution >= 4 is 33.9 Å². The van der Waals surface area contributed by atoms with Gasteiger partial charge in [-0.15, -0.1) is 0 Å². The Morgan fingerprint density at radius 3 is 3.05 bits per heavy atom. The van der Waals surface area contributed by atoms with E-state index in [2.05, 4.69) is 10.3 Å². The van der Waals surface area contributed by atoms with Crippen molar-refractivity contribution < 1.29 is 14.8 Å². The number of aromatic nitrogens is 2. The third-order valence-electron chi connectivity index (χ3n) is 2.87. The number of anilines is 1. The maximum atomic E-state index is 11.2. The summed E-state index contributed by atoms with van der Waals surface area (Å²) in [6, 6.07) is -0.877. The standard InChI is InChI=1S/C11H14N4O4S/c1-2-3-4-7(10(16)17)12-8-9(15(18)19)14-5-6-20-11(14)13-8/h5-7,12H,2-4H2,1H3,(H,16,17). The zero-order valence-electron chi connectivity index (χ0n) is 10.8. The van der Waals surface area contributed by atoms with Gasteiger partial charge < -0.3 is 20.5 Å². The van der Waals surface area contributed by atoms with E-state index in [0.717, 1.165) is 12.8 Å². The van der Waals surface area contributed by atoms with Gasteiger partial charge in [-0.3, -0.25) is 0 Å². The van der Waals surface area contributed by atoms with Crippen LogP contribution in [-0.2, 0) is 4.79 Å². The summed E-state index contributed by atoms with van der Waals surface area (Å²) in [4.78, 5) is 26.3. The van der Waals surface area contributed by atoms with Crippen LogP contribution in [0.15, 0.2) is 11.6 Å². The zero-order chi connectivity index (χ0) is 14.7. The van der Waals surface area contributed by atoms with Crippen LogP contribution in [0.5, 0.6) is 0 Å². The van der Waals surface area contributed by atoms with Crippen LogP contribution in [0, 0.1) is 10.1 Å². The lowest BCUT2D eigenvalue weighted by molar-refractivity contribution is -0.389. The lowest BCUT2D eigenvalue weighted by Crippen LogP contribution is -2.29. The van der Waals surface area contributed by atoms with Crippen LogP contribution in [0.3, 0.4) is 0 Å². The normalized spacial score (nSPS) is 12.4. The minimum Gasteiger partial charge on any atom is -0.480 e. The molecule has 2 heterocycles. The van der Waals surface area contributed by atoms with Crippen molar-refractivity contribution in [1.29, 1.82) is 0 Å². The van der Waals surface area contributed by atoms with E-state index in [9.17, 15) is 14.9 Å². The minimum atomic E-state index is -1.04. The molecule has 2 N–H and O–H groups in total. The van der Waals surface area contributed by atoms with Crippen LogP contribution < -0.4 is 5.32 Å². The molecule has 0 aliphatic rings.